The Kier molecular flexibility index (Phi) is 5.43. The molecule has 0 radical (unpaired) electrons. The Morgan fingerprint density at radius 1 is 0.625 bits per heavy atom. The molecule has 0 aliphatic carbocycles. The standard InChI is InChI=1S/C21H15IO2/c22-19(16-10-4-1-5-11-16)20(17-12-6-2-7-13-17)24-21(23)18-14-8-3-9-15-18/h1-15H/b20-19+. The van der Waals surface area contributed by atoms with Gasteiger partial charge in [-0.25, -0.2) is 4.79 Å². The molecule has 0 spiro atoms. The zero-order valence-corrected chi connectivity index (χ0v) is 15.0. The Morgan fingerprint density at radius 3 is 1.54 bits per heavy atom. The molecule has 0 saturated carbocycles. The summed E-state index contributed by atoms with van der Waals surface area (Å²) in [7, 11) is 0. The predicted octanol–water partition coefficient (Wildman–Crippen LogP) is 5.80. The van der Waals surface area contributed by atoms with Crippen LogP contribution in [0.5, 0.6) is 0 Å². The molecule has 0 unspecified atom stereocenters. The van der Waals surface area contributed by atoms with E-state index in [9.17, 15) is 4.79 Å². The van der Waals surface area contributed by atoms with Crippen LogP contribution in [0.25, 0.3) is 9.34 Å². The zero-order chi connectivity index (χ0) is 16.8. The highest BCUT2D eigenvalue weighted by atomic mass is 127. The molecule has 3 rings (SSSR count). The minimum atomic E-state index is -0.362. The van der Waals surface area contributed by atoms with E-state index in [1.54, 1.807) is 12.1 Å². The van der Waals surface area contributed by atoms with Crippen molar-refractivity contribution in [2.24, 2.45) is 0 Å². The fourth-order valence-corrected chi connectivity index (χ4v) is 3.04. The summed E-state index contributed by atoms with van der Waals surface area (Å²) in [5.41, 5.74) is 2.41. The van der Waals surface area contributed by atoms with Crippen molar-refractivity contribution >= 4 is 37.9 Å². The highest BCUT2D eigenvalue weighted by molar-refractivity contribution is 14.1. The van der Waals surface area contributed by atoms with Crippen LogP contribution in [0.15, 0.2) is 91.0 Å². The van der Waals surface area contributed by atoms with Gasteiger partial charge in [-0.15, -0.1) is 0 Å². The number of esters is 1. The van der Waals surface area contributed by atoms with Crippen molar-refractivity contribution in [2.45, 2.75) is 0 Å². The van der Waals surface area contributed by atoms with E-state index in [1.807, 2.05) is 78.9 Å². The van der Waals surface area contributed by atoms with Gasteiger partial charge >= 0.3 is 5.97 Å². The van der Waals surface area contributed by atoms with E-state index >= 15 is 0 Å². The summed E-state index contributed by atoms with van der Waals surface area (Å²) in [4.78, 5) is 12.5. The number of carbonyl (C=O) groups excluding carboxylic acids is 1. The van der Waals surface area contributed by atoms with E-state index in [2.05, 4.69) is 22.6 Å². The van der Waals surface area contributed by atoms with Gasteiger partial charge in [0.05, 0.1) is 9.14 Å². The minimum absolute atomic E-state index is 0.362. The highest BCUT2D eigenvalue weighted by Crippen LogP contribution is 2.33. The molecular formula is C21H15IO2. The van der Waals surface area contributed by atoms with Gasteiger partial charge in [-0.05, 0) is 40.3 Å². The predicted molar refractivity (Wildman–Crippen MR) is 106 cm³/mol. The van der Waals surface area contributed by atoms with Crippen molar-refractivity contribution in [2.75, 3.05) is 0 Å². The maximum atomic E-state index is 12.5. The second-order valence-corrected chi connectivity index (χ2v) is 6.21. The molecule has 3 aromatic carbocycles. The molecule has 0 atom stereocenters. The van der Waals surface area contributed by atoms with Crippen LogP contribution in [0.4, 0.5) is 0 Å². The molecule has 0 fully saturated rings. The minimum Gasteiger partial charge on any atom is -0.421 e. The Morgan fingerprint density at radius 2 is 1.04 bits per heavy atom. The summed E-state index contributed by atoms with van der Waals surface area (Å²) in [6.07, 6.45) is 0. The molecule has 0 aromatic heterocycles. The second kappa shape index (κ2) is 7.93. The third-order valence-electron chi connectivity index (χ3n) is 3.47. The van der Waals surface area contributed by atoms with Gasteiger partial charge in [0.25, 0.3) is 0 Å². The summed E-state index contributed by atoms with van der Waals surface area (Å²) < 4.78 is 6.66. The van der Waals surface area contributed by atoms with Crippen LogP contribution in [-0.4, -0.2) is 5.97 Å². The van der Waals surface area contributed by atoms with Crippen LogP contribution >= 0.6 is 22.6 Å². The zero-order valence-electron chi connectivity index (χ0n) is 12.9. The summed E-state index contributed by atoms with van der Waals surface area (Å²) in [6.45, 7) is 0. The van der Waals surface area contributed by atoms with Gasteiger partial charge in [-0.1, -0.05) is 78.9 Å². The van der Waals surface area contributed by atoms with Crippen LogP contribution in [0, 0.1) is 0 Å². The van der Waals surface area contributed by atoms with Gasteiger partial charge in [0.1, 0.15) is 0 Å². The number of halogens is 1. The SMILES string of the molecule is O=C(O/C(=C(/I)c1ccccc1)c1ccccc1)c1ccccc1. The first-order valence-corrected chi connectivity index (χ1v) is 8.61. The lowest BCUT2D eigenvalue weighted by atomic mass is 10.1. The monoisotopic (exact) mass is 426 g/mol. The van der Waals surface area contributed by atoms with E-state index in [4.69, 9.17) is 4.74 Å². The first-order valence-electron chi connectivity index (χ1n) is 7.53. The Balaban J connectivity index is 2.02. The van der Waals surface area contributed by atoms with E-state index < -0.39 is 0 Å². The quantitative estimate of drug-likeness (QED) is 0.228. The van der Waals surface area contributed by atoms with Crippen LogP contribution in [0.1, 0.15) is 21.5 Å². The van der Waals surface area contributed by atoms with Crippen molar-refractivity contribution in [3.8, 4) is 0 Å². The van der Waals surface area contributed by atoms with Crippen molar-refractivity contribution < 1.29 is 9.53 Å². The largest absolute Gasteiger partial charge is 0.421 e. The number of benzene rings is 3. The topological polar surface area (TPSA) is 26.3 Å². The van der Waals surface area contributed by atoms with Crippen LogP contribution < -0.4 is 0 Å². The van der Waals surface area contributed by atoms with Crippen molar-refractivity contribution in [1.29, 1.82) is 0 Å². The van der Waals surface area contributed by atoms with Crippen molar-refractivity contribution in [3.05, 3.63) is 108 Å². The lowest BCUT2D eigenvalue weighted by molar-refractivity contribution is 0.0693. The van der Waals surface area contributed by atoms with Crippen molar-refractivity contribution in [1.82, 2.24) is 0 Å². The molecule has 0 amide bonds. The molecule has 0 saturated heterocycles. The van der Waals surface area contributed by atoms with E-state index in [0.717, 1.165) is 14.7 Å². The smallest absolute Gasteiger partial charge is 0.343 e. The van der Waals surface area contributed by atoms with Gasteiger partial charge < -0.3 is 4.74 Å². The van der Waals surface area contributed by atoms with Gasteiger partial charge in [0.2, 0.25) is 0 Å². The average molecular weight is 426 g/mol. The summed E-state index contributed by atoms with van der Waals surface area (Å²) in [5.74, 6) is 0.204. The van der Waals surface area contributed by atoms with Crippen LogP contribution in [-0.2, 0) is 4.74 Å². The number of rotatable bonds is 4. The van der Waals surface area contributed by atoms with Crippen LogP contribution in [0.3, 0.4) is 0 Å². The maximum Gasteiger partial charge on any atom is 0.343 e. The molecule has 118 valence electrons. The maximum absolute atomic E-state index is 12.5. The van der Waals surface area contributed by atoms with Gasteiger partial charge in [0.15, 0.2) is 5.76 Å². The number of hydrogen-bond acceptors (Lipinski definition) is 2. The molecule has 3 aromatic rings. The first-order chi connectivity index (χ1) is 11.8. The normalized spacial score (nSPS) is 11.5. The second-order valence-electron chi connectivity index (χ2n) is 5.13. The molecule has 0 aliphatic heterocycles. The molecular weight excluding hydrogens is 411 g/mol. The van der Waals surface area contributed by atoms with E-state index in [0.29, 0.717) is 11.3 Å². The lowest BCUT2D eigenvalue weighted by Crippen LogP contribution is -2.05. The average Bonchev–Trinajstić information content (AvgIpc) is 2.67. The van der Waals surface area contributed by atoms with Gasteiger partial charge in [0, 0.05) is 5.56 Å². The Bertz CT molecular complexity index is 841. The van der Waals surface area contributed by atoms with E-state index in [-0.39, 0.29) is 5.97 Å². The summed E-state index contributed by atoms with van der Waals surface area (Å²) in [6, 6.07) is 28.6. The highest BCUT2D eigenvalue weighted by Gasteiger charge is 2.16. The molecule has 3 heteroatoms. The summed E-state index contributed by atoms with van der Waals surface area (Å²) in [5, 5.41) is 0. The Labute approximate surface area is 154 Å². The van der Waals surface area contributed by atoms with Crippen molar-refractivity contribution in [3.63, 3.8) is 0 Å². The first kappa shape index (κ1) is 16.5. The molecule has 2 nitrogen and oxygen atoms in total. The third kappa shape index (κ3) is 3.92. The molecule has 0 bridgehead atoms. The molecule has 0 N–H and O–H groups in total. The lowest BCUT2D eigenvalue weighted by Gasteiger charge is -2.12. The van der Waals surface area contributed by atoms with Crippen LogP contribution in [0.2, 0.25) is 0 Å². The fraction of sp³-hybridized carbons (Fsp3) is 0. The molecule has 0 heterocycles. The van der Waals surface area contributed by atoms with Gasteiger partial charge in [-0.2, -0.15) is 0 Å². The third-order valence-corrected chi connectivity index (χ3v) is 4.58. The number of ether oxygens (including phenoxy) is 1. The molecule has 0 aliphatic rings. The number of carbonyl (C=O) groups is 1. The Hall–Kier alpha value is -2.40. The number of hydrogen-bond donors (Lipinski definition) is 0. The summed E-state index contributed by atoms with van der Waals surface area (Å²) >= 11 is 2.23. The molecule has 24 heavy (non-hydrogen) atoms. The van der Waals surface area contributed by atoms with E-state index in [1.165, 1.54) is 0 Å². The van der Waals surface area contributed by atoms with Gasteiger partial charge in [-0.3, -0.25) is 0 Å². The fourth-order valence-electron chi connectivity index (χ4n) is 2.26.